The molecule has 3 heteroatoms. The molecule has 0 aliphatic carbocycles. The molecule has 0 spiro atoms. The van der Waals surface area contributed by atoms with Gasteiger partial charge in [0.1, 0.15) is 11.4 Å². The molecule has 2 aromatic heterocycles. The molecule has 0 saturated carbocycles. The fourth-order valence-corrected chi connectivity index (χ4v) is 4.86. The first kappa shape index (κ1) is 19.9. The van der Waals surface area contributed by atoms with Crippen LogP contribution in [0.15, 0.2) is 77.2 Å². The van der Waals surface area contributed by atoms with Crippen LogP contribution < -0.4 is 0 Å². The van der Waals surface area contributed by atoms with Crippen molar-refractivity contribution in [1.29, 1.82) is 0 Å². The average molecular weight is 431 g/mol. The predicted molar refractivity (Wildman–Crippen MR) is 138 cm³/mol. The van der Waals surface area contributed by atoms with Crippen LogP contribution in [0.5, 0.6) is 0 Å². The Bertz CT molecular complexity index is 1670. The Morgan fingerprint density at radius 1 is 0.667 bits per heavy atom. The van der Waals surface area contributed by atoms with Gasteiger partial charge >= 0.3 is 0 Å². The highest BCUT2D eigenvalue weighted by atomic mass is 16.3. The molecule has 0 fully saturated rings. The summed E-state index contributed by atoms with van der Waals surface area (Å²) in [7, 11) is 0. The standard InChI is InChI=1S/C30H26N2O/c1-17(2)21-13-14-24(23-12-8-7-11-22(21)23)28-27-25-15-19-9-5-6-10-20(19)16-26(25)33-30(27)32-29(31-28)18(3)4/h5-18H,1-4H3. The van der Waals surface area contributed by atoms with Crippen LogP contribution in [0.3, 0.4) is 0 Å². The second-order valence-corrected chi connectivity index (χ2v) is 9.47. The van der Waals surface area contributed by atoms with Gasteiger partial charge in [0.15, 0.2) is 0 Å². The molecule has 162 valence electrons. The van der Waals surface area contributed by atoms with Crippen LogP contribution in [0.25, 0.3) is 54.9 Å². The van der Waals surface area contributed by atoms with Gasteiger partial charge in [-0.3, -0.25) is 0 Å². The Hall–Kier alpha value is -3.72. The highest BCUT2D eigenvalue weighted by Gasteiger charge is 2.21. The highest BCUT2D eigenvalue weighted by Crippen LogP contribution is 2.40. The van der Waals surface area contributed by atoms with E-state index in [-0.39, 0.29) is 5.92 Å². The van der Waals surface area contributed by atoms with Gasteiger partial charge in [-0.15, -0.1) is 0 Å². The topological polar surface area (TPSA) is 38.9 Å². The molecule has 33 heavy (non-hydrogen) atoms. The first-order valence-corrected chi connectivity index (χ1v) is 11.7. The van der Waals surface area contributed by atoms with E-state index in [2.05, 4.69) is 100 Å². The summed E-state index contributed by atoms with van der Waals surface area (Å²) in [6.45, 7) is 8.75. The minimum absolute atomic E-state index is 0.196. The minimum atomic E-state index is 0.196. The molecule has 0 bridgehead atoms. The Balaban J connectivity index is 1.77. The molecule has 3 nitrogen and oxygen atoms in total. The lowest BCUT2D eigenvalue weighted by molar-refractivity contribution is 0.643. The van der Waals surface area contributed by atoms with Gasteiger partial charge in [-0.1, -0.05) is 88.4 Å². The Morgan fingerprint density at radius 2 is 1.36 bits per heavy atom. The zero-order chi connectivity index (χ0) is 22.7. The van der Waals surface area contributed by atoms with Gasteiger partial charge in [-0.05, 0) is 45.2 Å². The van der Waals surface area contributed by atoms with Crippen LogP contribution in [0, 0.1) is 0 Å². The molecule has 0 N–H and O–H groups in total. The molecule has 6 aromatic rings. The number of fused-ring (bicyclic) bond motifs is 5. The van der Waals surface area contributed by atoms with Gasteiger partial charge in [0.25, 0.3) is 0 Å². The number of rotatable bonds is 3. The summed E-state index contributed by atoms with van der Waals surface area (Å²) in [6, 6.07) is 25.8. The summed E-state index contributed by atoms with van der Waals surface area (Å²) in [4.78, 5) is 9.96. The molecule has 0 atom stereocenters. The van der Waals surface area contributed by atoms with Crippen molar-refractivity contribution in [2.45, 2.75) is 39.5 Å². The van der Waals surface area contributed by atoms with E-state index in [4.69, 9.17) is 14.4 Å². The molecule has 0 radical (unpaired) electrons. The largest absolute Gasteiger partial charge is 0.438 e. The Labute approximate surface area is 193 Å². The van der Waals surface area contributed by atoms with Crippen molar-refractivity contribution in [3.8, 4) is 11.3 Å². The van der Waals surface area contributed by atoms with E-state index in [0.29, 0.717) is 11.6 Å². The van der Waals surface area contributed by atoms with E-state index < -0.39 is 0 Å². The Kier molecular flexibility index (Phi) is 4.48. The van der Waals surface area contributed by atoms with Crippen LogP contribution in [-0.4, -0.2) is 9.97 Å². The maximum Gasteiger partial charge on any atom is 0.231 e. The molecule has 0 saturated heterocycles. The van der Waals surface area contributed by atoms with E-state index >= 15 is 0 Å². The summed E-state index contributed by atoms with van der Waals surface area (Å²) in [5.41, 5.74) is 4.94. The molecule has 6 rings (SSSR count). The lowest BCUT2D eigenvalue weighted by atomic mass is 9.91. The van der Waals surface area contributed by atoms with Crippen LogP contribution in [0.2, 0.25) is 0 Å². The SMILES string of the molecule is CC(C)c1nc(-c2ccc(C(C)C)c3ccccc23)c2c(n1)oc1cc3ccccc3cc12. The van der Waals surface area contributed by atoms with E-state index in [1.165, 1.54) is 21.7 Å². The fourth-order valence-electron chi connectivity index (χ4n) is 4.86. The van der Waals surface area contributed by atoms with Crippen LogP contribution in [-0.2, 0) is 0 Å². The van der Waals surface area contributed by atoms with Crippen LogP contribution in [0.4, 0.5) is 0 Å². The van der Waals surface area contributed by atoms with Crippen LogP contribution in [0.1, 0.15) is 50.9 Å². The smallest absolute Gasteiger partial charge is 0.231 e. The summed E-state index contributed by atoms with van der Waals surface area (Å²) in [5, 5.41) is 6.89. The molecule has 0 unspecified atom stereocenters. The number of hydrogen-bond donors (Lipinski definition) is 0. The zero-order valence-electron chi connectivity index (χ0n) is 19.4. The van der Waals surface area contributed by atoms with Gasteiger partial charge in [0.2, 0.25) is 5.71 Å². The zero-order valence-corrected chi connectivity index (χ0v) is 19.4. The van der Waals surface area contributed by atoms with Crippen molar-refractivity contribution in [1.82, 2.24) is 9.97 Å². The lowest BCUT2D eigenvalue weighted by Gasteiger charge is -2.15. The number of hydrogen-bond acceptors (Lipinski definition) is 3. The van der Waals surface area contributed by atoms with Crippen molar-refractivity contribution in [2.24, 2.45) is 0 Å². The van der Waals surface area contributed by atoms with Crippen molar-refractivity contribution in [3.05, 3.63) is 84.2 Å². The third-order valence-electron chi connectivity index (χ3n) is 6.57. The molecular weight excluding hydrogens is 404 g/mol. The maximum atomic E-state index is 6.34. The average Bonchev–Trinajstić information content (AvgIpc) is 3.18. The number of benzene rings is 4. The van der Waals surface area contributed by atoms with Crippen molar-refractivity contribution in [2.75, 3.05) is 0 Å². The molecule has 0 aliphatic heterocycles. The summed E-state index contributed by atoms with van der Waals surface area (Å²) >= 11 is 0. The monoisotopic (exact) mass is 430 g/mol. The summed E-state index contributed by atoms with van der Waals surface area (Å²) < 4.78 is 6.34. The third-order valence-corrected chi connectivity index (χ3v) is 6.57. The van der Waals surface area contributed by atoms with Gasteiger partial charge in [-0.25, -0.2) is 4.98 Å². The first-order chi connectivity index (χ1) is 16.0. The molecule has 4 aromatic carbocycles. The lowest BCUT2D eigenvalue weighted by Crippen LogP contribution is -2.00. The third kappa shape index (κ3) is 3.11. The van der Waals surface area contributed by atoms with Gasteiger partial charge in [0, 0.05) is 16.9 Å². The molecular formula is C30H26N2O. The normalized spacial score (nSPS) is 12.2. The molecule has 0 amide bonds. The van der Waals surface area contributed by atoms with Crippen molar-refractivity contribution < 1.29 is 4.42 Å². The maximum absolute atomic E-state index is 6.34. The number of aromatic nitrogens is 2. The van der Waals surface area contributed by atoms with E-state index in [1.807, 2.05) is 0 Å². The van der Waals surface area contributed by atoms with Gasteiger partial charge < -0.3 is 4.42 Å². The van der Waals surface area contributed by atoms with E-state index in [0.717, 1.165) is 38.8 Å². The number of furan rings is 1. The van der Waals surface area contributed by atoms with Crippen molar-refractivity contribution in [3.63, 3.8) is 0 Å². The Morgan fingerprint density at radius 3 is 2.09 bits per heavy atom. The van der Waals surface area contributed by atoms with E-state index in [9.17, 15) is 0 Å². The summed E-state index contributed by atoms with van der Waals surface area (Å²) in [5.74, 6) is 1.45. The van der Waals surface area contributed by atoms with Crippen molar-refractivity contribution >= 4 is 43.6 Å². The fraction of sp³-hybridized carbons (Fsp3) is 0.200. The second-order valence-electron chi connectivity index (χ2n) is 9.47. The van der Waals surface area contributed by atoms with Gasteiger partial charge in [0.05, 0.1) is 11.1 Å². The van der Waals surface area contributed by atoms with Crippen LogP contribution >= 0.6 is 0 Å². The predicted octanol–water partition coefficient (Wildman–Crippen LogP) is 8.60. The minimum Gasteiger partial charge on any atom is -0.438 e. The van der Waals surface area contributed by atoms with Gasteiger partial charge in [-0.2, -0.15) is 4.98 Å². The number of nitrogens with zero attached hydrogens (tertiary/aromatic N) is 2. The quantitative estimate of drug-likeness (QED) is 0.282. The second kappa shape index (κ2) is 7.41. The summed E-state index contributed by atoms with van der Waals surface area (Å²) in [6.07, 6.45) is 0. The molecule has 0 aliphatic rings. The molecule has 2 heterocycles. The van der Waals surface area contributed by atoms with E-state index in [1.54, 1.807) is 0 Å². The first-order valence-electron chi connectivity index (χ1n) is 11.7. The highest BCUT2D eigenvalue weighted by molar-refractivity contribution is 6.16.